The lowest BCUT2D eigenvalue weighted by molar-refractivity contribution is 0.00826. The first-order valence-corrected chi connectivity index (χ1v) is 8.49. The molecule has 116 valence electrons. The Bertz CT molecular complexity index is 445. The van der Waals surface area contributed by atoms with Gasteiger partial charge in [0.1, 0.15) is 5.82 Å². The molecule has 0 aliphatic carbocycles. The van der Waals surface area contributed by atoms with Crippen molar-refractivity contribution in [1.82, 2.24) is 9.80 Å². The van der Waals surface area contributed by atoms with E-state index >= 15 is 0 Å². The SMILES string of the molecule is CCC1CN2CCCCC2CN1CCc1ccc(F)cc1. The fourth-order valence-corrected chi connectivity index (χ4v) is 3.90. The topological polar surface area (TPSA) is 6.48 Å². The Morgan fingerprint density at radius 3 is 2.71 bits per heavy atom. The molecule has 2 aliphatic heterocycles. The average Bonchev–Trinajstić information content (AvgIpc) is 2.53. The van der Waals surface area contributed by atoms with Crippen LogP contribution in [-0.4, -0.2) is 48.1 Å². The van der Waals surface area contributed by atoms with E-state index in [1.165, 1.54) is 50.9 Å². The van der Waals surface area contributed by atoms with Crippen LogP contribution in [0.5, 0.6) is 0 Å². The highest BCUT2D eigenvalue weighted by Crippen LogP contribution is 2.25. The molecule has 2 atom stereocenters. The van der Waals surface area contributed by atoms with Crippen LogP contribution in [0.3, 0.4) is 0 Å². The Balaban J connectivity index is 1.59. The second-order valence-electron chi connectivity index (χ2n) is 6.58. The van der Waals surface area contributed by atoms with Crippen molar-refractivity contribution in [3.63, 3.8) is 0 Å². The molecule has 2 nitrogen and oxygen atoms in total. The minimum absolute atomic E-state index is 0.138. The summed E-state index contributed by atoms with van der Waals surface area (Å²) in [5, 5.41) is 0. The summed E-state index contributed by atoms with van der Waals surface area (Å²) in [6.45, 7) is 7.17. The molecule has 2 unspecified atom stereocenters. The van der Waals surface area contributed by atoms with Crippen LogP contribution in [-0.2, 0) is 6.42 Å². The number of nitrogens with zero attached hydrogens (tertiary/aromatic N) is 2. The van der Waals surface area contributed by atoms with Crippen molar-refractivity contribution < 1.29 is 4.39 Å². The first kappa shape index (κ1) is 15.0. The zero-order valence-electron chi connectivity index (χ0n) is 13.1. The van der Waals surface area contributed by atoms with E-state index in [4.69, 9.17) is 0 Å². The van der Waals surface area contributed by atoms with Crippen LogP contribution in [0.25, 0.3) is 0 Å². The normalized spacial score (nSPS) is 27.5. The molecule has 2 aliphatic rings. The molecule has 2 saturated heterocycles. The second-order valence-corrected chi connectivity index (χ2v) is 6.58. The summed E-state index contributed by atoms with van der Waals surface area (Å²) in [5.41, 5.74) is 1.25. The maximum Gasteiger partial charge on any atom is 0.123 e. The molecule has 1 aromatic carbocycles. The van der Waals surface area contributed by atoms with Crippen LogP contribution in [0, 0.1) is 5.82 Å². The highest BCUT2D eigenvalue weighted by molar-refractivity contribution is 5.16. The summed E-state index contributed by atoms with van der Waals surface area (Å²) in [6, 6.07) is 8.46. The number of benzene rings is 1. The van der Waals surface area contributed by atoms with Crippen LogP contribution in [0.2, 0.25) is 0 Å². The van der Waals surface area contributed by atoms with E-state index in [-0.39, 0.29) is 5.82 Å². The molecule has 0 bridgehead atoms. The molecule has 2 fully saturated rings. The van der Waals surface area contributed by atoms with Crippen LogP contribution in [0.1, 0.15) is 38.2 Å². The summed E-state index contributed by atoms with van der Waals surface area (Å²) in [7, 11) is 0. The lowest BCUT2D eigenvalue weighted by atomic mass is 9.95. The van der Waals surface area contributed by atoms with E-state index in [0.717, 1.165) is 19.0 Å². The molecule has 3 heteroatoms. The van der Waals surface area contributed by atoms with Crippen molar-refractivity contribution >= 4 is 0 Å². The zero-order valence-corrected chi connectivity index (χ0v) is 13.1. The number of piperidine rings is 1. The number of fused-ring (bicyclic) bond motifs is 1. The van der Waals surface area contributed by atoms with Gasteiger partial charge in [-0.3, -0.25) is 9.80 Å². The lowest BCUT2D eigenvalue weighted by Crippen LogP contribution is -2.59. The molecule has 1 aromatic rings. The first-order valence-electron chi connectivity index (χ1n) is 8.49. The van der Waals surface area contributed by atoms with Crippen LogP contribution in [0.4, 0.5) is 4.39 Å². The fraction of sp³-hybridized carbons (Fsp3) is 0.667. The van der Waals surface area contributed by atoms with Gasteiger partial charge in [0.15, 0.2) is 0 Å². The zero-order chi connectivity index (χ0) is 14.7. The molecule has 0 saturated carbocycles. The Hall–Kier alpha value is -0.930. The Kier molecular flexibility index (Phi) is 4.91. The number of rotatable bonds is 4. The number of hydrogen-bond donors (Lipinski definition) is 0. The van der Waals surface area contributed by atoms with Gasteiger partial charge in [-0.1, -0.05) is 25.5 Å². The van der Waals surface area contributed by atoms with Crippen molar-refractivity contribution in [2.45, 2.75) is 51.1 Å². The van der Waals surface area contributed by atoms with Gasteiger partial charge in [-0.25, -0.2) is 4.39 Å². The van der Waals surface area contributed by atoms with E-state index < -0.39 is 0 Å². The van der Waals surface area contributed by atoms with E-state index in [2.05, 4.69) is 16.7 Å². The Morgan fingerprint density at radius 2 is 1.95 bits per heavy atom. The van der Waals surface area contributed by atoms with Gasteiger partial charge in [-0.05, 0) is 49.9 Å². The summed E-state index contributed by atoms with van der Waals surface area (Å²) >= 11 is 0. The third-order valence-corrected chi connectivity index (χ3v) is 5.23. The van der Waals surface area contributed by atoms with Crippen molar-refractivity contribution in [3.8, 4) is 0 Å². The fourth-order valence-electron chi connectivity index (χ4n) is 3.90. The van der Waals surface area contributed by atoms with Gasteiger partial charge in [0.2, 0.25) is 0 Å². The molecular formula is C18H27FN2. The summed E-state index contributed by atoms with van der Waals surface area (Å²) < 4.78 is 13.0. The summed E-state index contributed by atoms with van der Waals surface area (Å²) in [5.74, 6) is -0.138. The van der Waals surface area contributed by atoms with E-state index in [1.54, 1.807) is 12.1 Å². The average molecular weight is 290 g/mol. The van der Waals surface area contributed by atoms with Gasteiger partial charge in [-0.2, -0.15) is 0 Å². The van der Waals surface area contributed by atoms with E-state index in [1.807, 2.05) is 12.1 Å². The van der Waals surface area contributed by atoms with Gasteiger partial charge < -0.3 is 0 Å². The number of halogens is 1. The molecular weight excluding hydrogens is 263 g/mol. The first-order chi connectivity index (χ1) is 10.3. The maximum absolute atomic E-state index is 13.0. The van der Waals surface area contributed by atoms with Gasteiger partial charge in [0.25, 0.3) is 0 Å². The van der Waals surface area contributed by atoms with Crippen molar-refractivity contribution in [2.75, 3.05) is 26.2 Å². The van der Waals surface area contributed by atoms with Crippen molar-refractivity contribution in [2.24, 2.45) is 0 Å². The van der Waals surface area contributed by atoms with Crippen LogP contribution in [0.15, 0.2) is 24.3 Å². The minimum atomic E-state index is -0.138. The van der Waals surface area contributed by atoms with Crippen LogP contribution < -0.4 is 0 Å². The highest BCUT2D eigenvalue weighted by atomic mass is 19.1. The number of piperazine rings is 1. The largest absolute Gasteiger partial charge is 0.298 e. The minimum Gasteiger partial charge on any atom is -0.298 e. The molecule has 2 heterocycles. The molecule has 0 aromatic heterocycles. The lowest BCUT2D eigenvalue weighted by Gasteiger charge is -2.48. The van der Waals surface area contributed by atoms with Gasteiger partial charge >= 0.3 is 0 Å². The third kappa shape index (κ3) is 3.64. The highest BCUT2D eigenvalue weighted by Gasteiger charge is 2.33. The van der Waals surface area contributed by atoms with Gasteiger partial charge in [0, 0.05) is 31.7 Å². The standard InChI is InChI=1S/C18H27FN2/c1-2-17-13-20-11-4-3-5-18(20)14-21(17)12-10-15-6-8-16(19)9-7-15/h6-9,17-18H,2-5,10-14H2,1H3. The monoisotopic (exact) mass is 290 g/mol. The second kappa shape index (κ2) is 6.89. The molecule has 0 spiro atoms. The van der Waals surface area contributed by atoms with Crippen molar-refractivity contribution in [1.29, 1.82) is 0 Å². The Labute approximate surface area is 127 Å². The summed E-state index contributed by atoms with van der Waals surface area (Å²) in [4.78, 5) is 5.39. The summed E-state index contributed by atoms with van der Waals surface area (Å²) in [6.07, 6.45) is 6.39. The van der Waals surface area contributed by atoms with Crippen LogP contribution >= 0.6 is 0 Å². The smallest absolute Gasteiger partial charge is 0.123 e. The molecule has 3 rings (SSSR count). The Morgan fingerprint density at radius 1 is 1.14 bits per heavy atom. The number of hydrogen-bond acceptors (Lipinski definition) is 2. The van der Waals surface area contributed by atoms with Crippen molar-refractivity contribution in [3.05, 3.63) is 35.6 Å². The van der Waals surface area contributed by atoms with E-state index in [0.29, 0.717) is 6.04 Å². The molecule has 0 N–H and O–H groups in total. The molecule has 21 heavy (non-hydrogen) atoms. The predicted octanol–water partition coefficient (Wildman–Crippen LogP) is 3.32. The quantitative estimate of drug-likeness (QED) is 0.839. The van der Waals surface area contributed by atoms with Gasteiger partial charge in [0.05, 0.1) is 0 Å². The predicted molar refractivity (Wildman–Crippen MR) is 85.0 cm³/mol. The maximum atomic E-state index is 13.0. The van der Waals surface area contributed by atoms with E-state index in [9.17, 15) is 4.39 Å². The molecule has 0 amide bonds. The third-order valence-electron chi connectivity index (χ3n) is 5.23. The molecule has 0 radical (unpaired) electrons. The van der Waals surface area contributed by atoms with Gasteiger partial charge in [-0.15, -0.1) is 0 Å².